The fourth-order valence-corrected chi connectivity index (χ4v) is 16.1. The van der Waals surface area contributed by atoms with Crippen molar-refractivity contribution in [3.05, 3.63) is 242 Å². The van der Waals surface area contributed by atoms with Gasteiger partial charge in [-0.2, -0.15) is 0 Å². The summed E-state index contributed by atoms with van der Waals surface area (Å²) in [4.78, 5) is 2.55. The van der Waals surface area contributed by atoms with E-state index in [4.69, 9.17) is 9.47 Å². The van der Waals surface area contributed by atoms with Crippen molar-refractivity contribution in [3.63, 3.8) is 0 Å². The Morgan fingerprint density at radius 3 is 1.38 bits per heavy atom. The molecule has 0 saturated heterocycles. The summed E-state index contributed by atoms with van der Waals surface area (Å²) < 4.78 is 18.6. The molecular weight excluding hydrogens is 1020 g/mol. The standard InChI is InChI=1S/C78H60B2N2O2/c1-7-19-49(20-8-1)55-31-37-61(38-32-55)81-69-40-34-57(51-23-11-3-12-24-51)45-64(69)79-65-46-58(52-25-13-4-14-26-52)35-41-70(65)84-78-72(79)75(81)77-73-76(78)82-68-39-33-56(50-21-9-2-10-22-50)43-62(68)63-44-60(54-29-17-6-18-30-54)48-67(74(63)82)80(73)66-47-59(36-42-71(66)83-77)53-27-15-5-16-28-53/h1-3,6-12,17-24,29-48,52-53H,4-5,13-16,25-28H2. The molecule has 84 heavy (non-hydrogen) atoms. The monoisotopic (exact) mass is 1080 g/mol. The predicted octanol–water partition coefficient (Wildman–Crippen LogP) is 16.9. The second-order valence-corrected chi connectivity index (χ2v) is 24.7. The predicted molar refractivity (Wildman–Crippen MR) is 351 cm³/mol. The van der Waals surface area contributed by atoms with E-state index in [-0.39, 0.29) is 13.4 Å². The average Bonchev–Trinajstić information content (AvgIpc) is 1.47. The van der Waals surface area contributed by atoms with Crippen LogP contribution in [0.3, 0.4) is 0 Å². The zero-order valence-corrected chi connectivity index (χ0v) is 47.0. The number of nitrogens with zero attached hydrogens (tertiary/aromatic N) is 2. The lowest BCUT2D eigenvalue weighted by Crippen LogP contribution is -2.63. The molecule has 11 aromatic carbocycles. The minimum atomic E-state index is -0.179. The van der Waals surface area contributed by atoms with Crippen LogP contribution in [0, 0.1) is 0 Å². The molecule has 0 amide bonds. The van der Waals surface area contributed by atoms with Gasteiger partial charge in [0.2, 0.25) is 0 Å². The fraction of sp³-hybridized carbons (Fsp3) is 0.154. The van der Waals surface area contributed by atoms with Crippen molar-refractivity contribution in [2.24, 2.45) is 0 Å². The van der Waals surface area contributed by atoms with Crippen LogP contribution in [0.2, 0.25) is 0 Å². The van der Waals surface area contributed by atoms with E-state index in [9.17, 15) is 0 Å². The molecule has 6 aliphatic rings. The lowest BCUT2D eigenvalue weighted by Gasteiger charge is -2.45. The van der Waals surface area contributed by atoms with Crippen molar-refractivity contribution in [2.45, 2.75) is 76.0 Å². The van der Waals surface area contributed by atoms with Gasteiger partial charge in [-0.15, -0.1) is 0 Å². The molecule has 4 nitrogen and oxygen atoms in total. The summed E-state index contributed by atoms with van der Waals surface area (Å²) in [6.07, 6.45) is 12.6. The average molecular weight is 1080 g/mol. The third kappa shape index (κ3) is 7.41. The van der Waals surface area contributed by atoms with Crippen LogP contribution in [0.1, 0.15) is 87.2 Å². The van der Waals surface area contributed by atoms with Crippen LogP contribution in [-0.4, -0.2) is 18.0 Å². The molecule has 2 fully saturated rings. The molecule has 0 bridgehead atoms. The van der Waals surface area contributed by atoms with Crippen molar-refractivity contribution in [2.75, 3.05) is 4.90 Å². The first kappa shape index (κ1) is 48.3. The first-order valence-electron chi connectivity index (χ1n) is 30.9. The van der Waals surface area contributed by atoms with Crippen molar-refractivity contribution in [1.82, 2.24) is 4.57 Å². The Hall–Kier alpha value is -9.25. The summed E-state index contributed by atoms with van der Waals surface area (Å²) >= 11 is 0. The Bertz CT molecular complexity index is 4620. The van der Waals surface area contributed by atoms with Crippen molar-refractivity contribution in [1.29, 1.82) is 0 Å². The molecule has 1 aromatic heterocycles. The quantitative estimate of drug-likeness (QED) is 0.149. The smallest absolute Gasteiger partial charge is 0.256 e. The van der Waals surface area contributed by atoms with Crippen molar-refractivity contribution >= 4 is 85.1 Å². The third-order valence-electron chi connectivity index (χ3n) is 20.1. The lowest BCUT2D eigenvalue weighted by molar-refractivity contribution is 0.442. The summed E-state index contributed by atoms with van der Waals surface area (Å²) in [7, 11) is 0. The van der Waals surface area contributed by atoms with Gasteiger partial charge in [-0.3, -0.25) is 0 Å². The van der Waals surface area contributed by atoms with Crippen LogP contribution in [0.4, 0.5) is 17.1 Å². The van der Waals surface area contributed by atoms with Crippen molar-refractivity contribution in [3.8, 4) is 73.2 Å². The minimum absolute atomic E-state index is 0.177. The van der Waals surface area contributed by atoms with E-state index in [0.717, 1.165) is 62.2 Å². The molecule has 0 radical (unpaired) electrons. The van der Waals surface area contributed by atoms with Crippen LogP contribution in [0.15, 0.2) is 231 Å². The van der Waals surface area contributed by atoms with E-state index in [1.807, 2.05) is 0 Å². The minimum Gasteiger partial charge on any atom is -0.456 e. The maximum Gasteiger partial charge on any atom is 0.256 e. The Morgan fingerprint density at radius 1 is 0.345 bits per heavy atom. The van der Waals surface area contributed by atoms with Gasteiger partial charge in [0.15, 0.2) is 0 Å². The number of ether oxygens (including phenoxy) is 2. The molecule has 5 heterocycles. The first-order valence-corrected chi connectivity index (χ1v) is 30.9. The summed E-state index contributed by atoms with van der Waals surface area (Å²) in [6.45, 7) is -0.356. The molecule has 2 saturated carbocycles. The van der Waals surface area contributed by atoms with Gasteiger partial charge in [0.1, 0.15) is 23.0 Å². The van der Waals surface area contributed by atoms with Gasteiger partial charge >= 0.3 is 0 Å². The number of hydrogen-bond donors (Lipinski definition) is 0. The SMILES string of the molecule is c1ccc(-c2ccc(N3c4ccc(-c5ccccc5)cc4B4c5cc(C6CCCCC6)ccc5Oc5c4c3c3c4c5-n5c6ccc(-c7ccccc7)cc6c6cc(-c7ccccc7)cc(c65)B4c4cc(C5CCCCC5)ccc4O3)cc2)cc1. The van der Waals surface area contributed by atoms with Crippen LogP contribution in [0.25, 0.3) is 72.0 Å². The summed E-state index contributed by atoms with van der Waals surface area (Å²) in [5, 5.41) is 2.47. The van der Waals surface area contributed by atoms with Gasteiger partial charge in [-0.25, -0.2) is 0 Å². The number of hydrogen-bond acceptors (Lipinski definition) is 3. The summed E-state index contributed by atoms with van der Waals surface area (Å²) in [5.41, 5.74) is 26.6. The lowest BCUT2D eigenvalue weighted by atomic mass is 9.31. The van der Waals surface area contributed by atoms with E-state index in [1.54, 1.807) is 0 Å². The largest absolute Gasteiger partial charge is 0.456 e. The first-order chi connectivity index (χ1) is 41.7. The molecule has 0 atom stereocenters. The van der Waals surface area contributed by atoms with E-state index >= 15 is 0 Å². The zero-order valence-electron chi connectivity index (χ0n) is 47.0. The molecule has 0 unspecified atom stereocenters. The summed E-state index contributed by atoms with van der Waals surface area (Å²) in [6, 6.07) is 86.9. The highest BCUT2D eigenvalue weighted by molar-refractivity contribution is 7.02. The van der Waals surface area contributed by atoms with Crippen LogP contribution >= 0.6 is 0 Å². The third-order valence-corrected chi connectivity index (χ3v) is 20.1. The number of fused-ring (bicyclic) bond motifs is 13. The topological polar surface area (TPSA) is 26.6 Å². The maximum absolute atomic E-state index is 7.98. The fourth-order valence-electron chi connectivity index (χ4n) is 16.1. The van der Waals surface area contributed by atoms with E-state index in [1.165, 1.54) is 158 Å². The number of anilines is 3. The van der Waals surface area contributed by atoms with Gasteiger partial charge in [0, 0.05) is 38.6 Å². The molecule has 4 aliphatic heterocycles. The molecule has 6 heteroatoms. The molecule has 18 rings (SSSR count). The van der Waals surface area contributed by atoms with Crippen LogP contribution in [-0.2, 0) is 0 Å². The number of rotatable bonds is 7. The van der Waals surface area contributed by atoms with E-state index in [0.29, 0.717) is 11.8 Å². The van der Waals surface area contributed by atoms with E-state index in [2.05, 4.69) is 240 Å². The van der Waals surface area contributed by atoms with Crippen molar-refractivity contribution < 1.29 is 9.47 Å². The van der Waals surface area contributed by atoms with Gasteiger partial charge in [-0.1, -0.05) is 221 Å². The number of aromatic nitrogens is 1. The zero-order chi connectivity index (χ0) is 55.0. The Labute approximate surface area is 492 Å². The van der Waals surface area contributed by atoms with Crippen LogP contribution in [0.5, 0.6) is 23.0 Å². The Kier molecular flexibility index (Phi) is 11.0. The van der Waals surface area contributed by atoms with Crippen LogP contribution < -0.4 is 47.2 Å². The molecule has 2 aliphatic carbocycles. The molecule has 12 aromatic rings. The van der Waals surface area contributed by atoms with Gasteiger partial charge < -0.3 is 18.9 Å². The van der Waals surface area contributed by atoms with Gasteiger partial charge in [-0.05, 0) is 164 Å². The highest BCUT2D eigenvalue weighted by atomic mass is 16.5. The Balaban J connectivity index is 0.987. The maximum atomic E-state index is 7.98. The molecular formula is C78H60B2N2O2. The second-order valence-electron chi connectivity index (χ2n) is 24.7. The Morgan fingerprint density at radius 2 is 0.798 bits per heavy atom. The van der Waals surface area contributed by atoms with Gasteiger partial charge in [0.25, 0.3) is 13.4 Å². The molecule has 0 spiro atoms. The van der Waals surface area contributed by atoms with Gasteiger partial charge in [0.05, 0.1) is 16.9 Å². The number of benzene rings is 11. The second kappa shape index (κ2) is 19.2. The highest BCUT2D eigenvalue weighted by Gasteiger charge is 2.52. The van der Waals surface area contributed by atoms with E-state index < -0.39 is 0 Å². The molecule has 0 N–H and O–H groups in total. The molecule has 400 valence electrons. The summed E-state index contributed by atoms with van der Waals surface area (Å²) in [5.74, 6) is 4.72. The normalized spacial score (nSPS) is 15.6. The highest BCUT2D eigenvalue weighted by Crippen LogP contribution is 2.53.